The van der Waals surface area contributed by atoms with E-state index in [1.807, 2.05) is 23.6 Å². The van der Waals surface area contributed by atoms with Crippen molar-refractivity contribution in [1.29, 1.82) is 5.26 Å². The molecule has 0 spiro atoms. The van der Waals surface area contributed by atoms with Crippen LogP contribution in [0, 0.1) is 11.3 Å². The molecule has 29 heavy (non-hydrogen) atoms. The van der Waals surface area contributed by atoms with Crippen molar-refractivity contribution < 1.29 is 8.42 Å². The maximum Gasteiger partial charge on any atom is 0.252 e. The van der Waals surface area contributed by atoms with Gasteiger partial charge in [0, 0.05) is 38.8 Å². The third kappa shape index (κ3) is 4.71. The molecule has 0 bridgehead atoms. The standard InChI is InChI=1S/C21H26N4O2S2/c22-16-18-3-1-4-19(15-18)17-23-8-6-20(7-9-23)24-10-12-25(13-11-24)29(26,27)21-5-2-14-28-21/h1-5,14-15,20H,6-13,17H2. The largest absolute Gasteiger partial charge is 0.299 e. The van der Waals surface area contributed by atoms with Crippen LogP contribution in [0.15, 0.2) is 46.0 Å². The van der Waals surface area contributed by atoms with E-state index in [4.69, 9.17) is 5.26 Å². The molecule has 2 fully saturated rings. The molecule has 0 amide bonds. The molecule has 154 valence electrons. The molecule has 2 saturated heterocycles. The number of piperidine rings is 1. The lowest BCUT2D eigenvalue weighted by Crippen LogP contribution is -2.54. The molecule has 3 heterocycles. The van der Waals surface area contributed by atoms with Gasteiger partial charge in [-0.3, -0.25) is 9.80 Å². The van der Waals surface area contributed by atoms with Gasteiger partial charge >= 0.3 is 0 Å². The fourth-order valence-electron chi connectivity index (χ4n) is 4.29. The van der Waals surface area contributed by atoms with Crippen LogP contribution < -0.4 is 0 Å². The lowest BCUT2D eigenvalue weighted by molar-refractivity contribution is 0.0786. The number of nitrogens with zero attached hydrogens (tertiary/aromatic N) is 4. The number of hydrogen-bond acceptors (Lipinski definition) is 6. The van der Waals surface area contributed by atoms with Gasteiger partial charge in [0.1, 0.15) is 4.21 Å². The summed E-state index contributed by atoms with van der Waals surface area (Å²) in [5.74, 6) is 0. The minimum Gasteiger partial charge on any atom is -0.299 e. The molecule has 0 N–H and O–H groups in total. The van der Waals surface area contributed by atoms with Crippen molar-refractivity contribution in [3.8, 4) is 6.07 Å². The van der Waals surface area contributed by atoms with Crippen LogP contribution in [0.4, 0.5) is 0 Å². The predicted octanol–water partition coefficient (Wildman–Crippen LogP) is 2.59. The molecule has 2 aliphatic rings. The fourth-order valence-corrected chi connectivity index (χ4v) is 6.85. The summed E-state index contributed by atoms with van der Waals surface area (Å²) in [6, 6.07) is 14.1. The maximum atomic E-state index is 12.7. The molecular formula is C21H26N4O2S2. The Bertz CT molecular complexity index is 953. The van der Waals surface area contributed by atoms with Crippen molar-refractivity contribution in [3.05, 3.63) is 52.9 Å². The highest BCUT2D eigenvalue weighted by Crippen LogP contribution is 2.24. The molecule has 2 aliphatic heterocycles. The Kier molecular flexibility index (Phi) is 6.32. The van der Waals surface area contributed by atoms with E-state index in [0.717, 1.165) is 45.6 Å². The first-order chi connectivity index (χ1) is 14.1. The number of rotatable bonds is 5. The summed E-state index contributed by atoms with van der Waals surface area (Å²) in [7, 11) is -3.33. The van der Waals surface area contributed by atoms with Gasteiger partial charge in [0.2, 0.25) is 0 Å². The number of piperazine rings is 1. The molecule has 4 rings (SSSR count). The molecule has 1 aromatic heterocycles. The van der Waals surface area contributed by atoms with E-state index in [1.54, 1.807) is 16.4 Å². The summed E-state index contributed by atoms with van der Waals surface area (Å²) >= 11 is 1.29. The Morgan fingerprint density at radius 2 is 1.79 bits per heavy atom. The van der Waals surface area contributed by atoms with Gasteiger partial charge in [0.15, 0.2) is 0 Å². The Morgan fingerprint density at radius 1 is 1.03 bits per heavy atom. The highest BCUT2D eigenvalue weighted by molar-refractivity contribution is 7.91. The molecular weight excluding hydrogens is 404 g/mol. The van der Waals surface area contributed by atoms with Crippen LogP contribution in [-0.2, 0) is 16.6 Å². The molecule has 0 aliphatic carbocycles. The number of likely N-dealkylation sites (tertiary alicyclic amines) is 1. The molecule has 8 heteroatoms. The van der Waals surface area contributed by atoms with Crippen molar-refractivity contribution in [2.75, 3.05) is 39.3 Å². The summed E-state index contributed by atoms with van der Waals surface area (Å²) in [4.78, 5) is 4.92. The van der Waals surface area contributed by atoms with Gasteiger partial charge in [0.25, 0.3) is 10.0 Å². The van der Waals surface area contributed by atoms with Crippen LogP contribution in [-0.4, -0.2) is 67.8 Å². The van der Waals surface area contributed by atoms with Crippen molar-refractivity contribution in [3.63, 3.8) is 0 Å². The van der Waals surface area contributed by atoms with Crippen molar-refractivity contribution >= 4 is 21.4 Å². The van der Waals surface area contributed by atoms with E-state index in [1.165, 1.54) is 16.9 Å². The Hall–Kier alpha value is -1.76. The summed E-state index contributed by atoms with van der Waals surface area (Å²) in [5, 5.41) is 10.9. The van der Waals surface area contributed by atoms with Gasteiger partial charge in [-0.05, 0) is 55.1 Å². The Balaban J connectivity index is 1.26. The molecule has 2 aromatic rings. The summed E-state index contributed by atoms with van der Waals surface area (Å²) in [6.07, 6.45) is 2.21. The number of nitriles is 1. The zero-order chi connectivity index (χ0) is 20.3. The van der Waals surface area contributed by atoms with Crippen LogP contribution in [0.3, 0.4) is 0 Å². The first kappa shape index (κ1) is 20.5. The van der Waals surface area contributed by atoms with E-state index in [0.29, 0.717) is 28.9 Å². The lowest BCUT2D eigenvalue weighted by atomic mass is 10.0. The van der Waals surface area contributed by atoms with E-state index in [-0.39, 0.29) is 0 Å². The number of sulfonamides is 1. The maximum absolute atomic E-state index is 12.7. The summed E-state index contributed by atoms with van der Waals surface area (Å²) < 4.78 is 27.4. The molecule has 0 saturated carbocycles. The minimum absolute atomic E-state index is 0.444. The SMILES string of the molecule is N#Cc1cccc(CN2CCC(N3CCN(S(=O)(=O)c4cccs4)CC3)CC2)c1. The topological polar surface area (TPSA) is 67.7 Å². The average molecular weight is 431 g/mol. The second-order valence-corrected chi connectivity index (χ2v) is 10.8. The quantitative estimate of drug-likeness (QED) is 0.729. The number of hydrogen-bond donors (Lipinski definition) is 0. The van der Waals surface area contributed by atoms with Gasteiger partial charge < -0.3 is 0 Å². The van der Waals surface area contributed by atoms with Crippen LogP contribution in [0.5, 0.6) is 0 Å². The van der Waals surface area contributed by atoms with E-state index >= 15 is 0 Å². The first-order valence-electron chi connectivity index (χ1n) is 10.1. The molecule has 0 radical (unpaired) electrons. The van der Waals surface area contributed by atoms with Crippen molar-refractivity contribution in [1.82, 2.24) is 14.1 Å². The second kappa shape index (κ2) is 8.94. The van der Waals surface area contributed by atoms with Crippen molar-refractivity contribution in [2.45, 2.75) is 29.6 Å². The van der Waals surface area contributed by atoms with Crippen LogP contribution >= 0.6 is 11.3 Å². The van der Waals surface area contributed by atoms with E-state index in [2.05, 4.69) is 21.9 Å². The fraction of sp³-hybridized carbons (Fsp3) is 0.476. The third-order valence-electron chi connectivity index (χ3n) is 5.90. The Labute approximate surface area is 177 Å². The molecule has 6 nitrogen and oxygen atoms in total. The van der Waals surface area contributed by atoms with Gasteiger partial charge in [-0.1, -0.05) is 18.2 Å². The van der Waals surface area contributed by atoms with Gasteiger partial charge in [0.05, 0.1) is 11.6 Å². The van der Waals surface area contributed by atoms with Gasteiger partial charge in [-0.15, -0.1) is 11.3 Å². The van der Waals surface area contributed by atoms with Crippen molar-refractivity contribution in [2.24, 2.45) is 0 Å². The predicted molar refractivity (Wildman–Crippen MR) is 114 cm³/mol. The van der Waals surface area contributed by atoms with Crippen LogP contribution in [0.1, 0.15) is 24.0 Å². The highest BCUT2D eigenvalue weighted by Gasteiger charge is 2.32. The first-order valence-corrected chi connectivity index (χ1v) is 12.4. The third-order valence-corrected chi connectivity index (χ3v) is 9.17. The Morgan fingerprint density at radius 3 is 2.45 bits per heavy atom. The second-order valence-electron chi connectivity index (χ2n) is 7.69. The van der Waals surface area contributed by atoms with Gasteiger partial charge in [-0.25, -0.2) is 8.42 Å². The highest BCUT2D eigenvalue weighted by atomic mass is 32.2. The average Bonchev–Trinajstić information content (AvgIpc) is 3.30. The summed E-state index contributed by atoms with van der Waals surface area (Å²) in [5.41, 5.74) is 1.91. The van der Waals surface area contributed by atoms with Crippen LogP contribution in [0.2, 0.25) is 0 Å². The molecule has 0 unspecified atom stereocenters. The zero-order valence-electron chi connectivity index (χ0n) is 16.4. The van der Waals surface area contributed by atoms with Crippen LogP contribution in [0.25, 0.3) is 0 Å². The van der Waals surface area contributed by atoms with E-state index < -0.39 is 10.0 Å². The minimum atomic E-state index is -3.33. The number of benzene rings is 1. The monoisotopic (exact) mass is 430 g/mol. The summed E-state index contributed by atoms with van der Waals surface area (Å²) in [6.45, 7) is 5.71. The normalized spacial score (nSPS) is 20.5. The molecule has 1 aromatic carbocycles. The van der Waals surface area contributed by atoms with E-state index in [9.17, 15) is 8.42 Å². The number of thiophene rings is 1. The van der Waals surface area contributed by atoms with Gasteiger partial charge in [-0.2, -0.15) is 9.57 Å². The zero-order valence-corrected chi connectivity index (χ0v) is 18.0. The molecule has 0 atom stereocenters. The lowest BCUT2D eigenvalue weighted by Gasteiger charge is -2.42. The smallest absolute Gasteiger partial charge is 0.252 e.